The van der Waals surface area contributed by atoms with Gasteiger partial charge in [-0.3, -0.25) is 5.10 Å². The summed E-state index contributed by atoms with van der Waals surface area (Å²) in [6.07, 6.45) is 3.60. The van der Waals surface area contributed by atoms with Gasteiger partial charge in [0.15, 0.2) is 5.13 Å². The molecule has 0 atom stereocenters. The van der Waals surface area contributed by atoms with Crippen molar-refractivity contribution in [3.05, 3.63) is 18.1 Å². The van der Waals surface area contributed by atoms with Gasteiger partial charge in [-0.2, -0.15) is 5.10 Å². The predicted octanol–water partition coefficient (Wildman–Crippen LogP) is 1.42. The van der Waals surface area contributed by atoms with Gasteiger partial charge in [0, 0.05) is 11.8 Å². The molecule has 2 aromatic heterocycles. The van der Waals surface area contributed by atoms with Gasteiger partial charge < -0.3 is 5.73 Å². The molecular weight excluding hydrogens is 172 g/mol. The summed E-state index contributed by atoms with van der Waals surface area (Å²) in [7, 11) is 0. The second kappa shape index (κ2) is 2.60. The average molecular weight is 180 g/mol. The smallest absolute Gasteiger partial charge is 0.180 e. The lowest BCUT2D eigenvalue weighted by Crippen LogP contribution is -1.80. The van der Waals surface area contributed by atoms with E-state index in [0.717, 1.165) is 16.1 Å². The highest BCUT2D eigenvalue weighted by Gasteiger charge is 2.07. The van der Waals surface area contributed by atoms with Crippen molar-refractivity contribution in [2.24, 2.45) is 0 Å². The summed E-state index contributed by atoms with van der Waals surface area (Å²) in [5.41, 5.74) is 7.56. The van der Waals surface area contributed by atoms with Crippen LogP contribution in [0.15, 0.2) is 12.4 Å². The maximum Gasteiger partial charge on any atom is 0.180 e. The number of aromatic nitrogens is 3. The number of nitrogens with zero attached hydrogens (tertiary/aromatic N) is 2. The number of aromatic amines is 1. The lowest BCUT2D eigenvalue weighted by Gasteiger charge is -1.88. The van der Waals surface area contributed by atoms with Gasteiger partial charge in [0.05, 0.1) is 16.8 Å². The minimum absolute atomic E-state index is 0.601. The molecule has 0 aromatic carbocycles. The first-order valence-electron chi connectivity index (χ1n) is 3.49. The number of nitrogen functional groups attached to an aromatic ring is 1. The maximum absolute atomic E-state index is 5.56. The van der Waals surface area contributed by atoms with Crippen molar-refractivity contribution < 1.29 is 0 Å². The van der Waals surface area contributed by atoms with Gasteiger partial charge in [-0.05, 0) is 6.92 Å². The van der Waals surface area contributed by atoms with Gasteiger partial charge in [0.25, 0.3) is 0 Å². The molecule has 2 aromatic rings. The van der Waals surface area contributed by atoms with Crippen LogP contribution < -0.4 is 5.73 Å². The fourth-order valence-electron chi connectivity index (χ4n) is 1.06. The molecule has 4 nitrogen and oxygen atoms in total. The van der Waals surface area contributed by atoms with Gasteiger partial charge in [-0.15, -0.1) is 0 Å². The highest BCUT2D eigenvalue weighted by molar-refractivity contribution is 7.18. The molecule has 0 aliphatic heterocycles. The van der Waals surface area contributed by atoms with E-state index in [2.05, 4.69) is 15.2 Å². The molecule has 0 aliphatic rings. The molecule has 0 saturated heterocycles. The molecule has 0 saturated carbocycles. The fourth-order valence-corrected chi connectivity index (χ4v) is 1.87. The molecule has 0 spiro atoms. The largest absolute Gasteiger partial charge is 0.375 e. The molecule has 0 radical (unpaired) electrons. The Labute approximate surface area is 73.5 Å². The number of thiazole rings is 1. The van der Waals surface area contributed by atoms with E-state index in [0.29, 0.717) is 5.13 Å². The summed E-state index contributed by atoms with van der Waals surface area (Å²) >= 11 is 1.48. The van der Waals surface area contributed by atoms with Gasteiger partial charge >= 0.3 is 0 Å². The number of rotatable bonds is 1. The number of aryl methyl sites for hydroxylation is 1. The number of anilines is 1. The monoisotopic (exact) mass is 180 g/mol. The van der Waals surface area contributed by atoms with E-state index >= 15 is 0 Å². The summed E-state index contributed by atoms with van der Waals surface area (Å²) in [4.78, 5) is 5.21. The molecular formula is C7H8N4S. The van der Waals surface area contributed by atoms with Gasteiger partial charge in [-0.1, -0.05) is 11.3 Å². The predicted molar refractivity (Wildman–Crippen MR) is 48.8 cm³/mol. The SMILES string of the molecule is Cc1nc(N)sc1-c1cn[nH]c1. The first-order chi connectivity index (χ1) is 5.77. The summed E-state index contributed by atoms with van der Waals surface area (Å²) in [5, 5.41) is 7.22. The van der Waals surface area contributed by atoms with Crippen molar-refractivity contribution in [1.29, 1.82) is 0 Å². The van der Waals surface area contributed by atoms with Crippen LogP contribution in [0.2, 0.25) is 0 Å². The number of hydrogen-bond acceptors (Lipinski definition) is 4. The van der Waals surface area contributed by atoms with Crippen LogP contribution in [0.3, 0.4) is 0 Å². The van der Waals surface area contributed by atoms with E-state index in [1.807, 2.05) is 13.1 Å². The molecule has 0 amide bonds. The minimum atomic E-state index is 0.601. The third-order valence-corrected chi connectivity index (χ3v) is 2.61. The zero-order valence-corrected chi connectivity index (χ0v) is 7.35. The molecule has 2 heterocycles. The van der Waals surface area contributed by atoms with Crippen LogP contribution in [0.1, 0.15) is 5.69 Å². The zero-order chi connectivity index (χ0) is 8.55. The van der Waals surface area contributed by atoms with E-state index < -0.39 is 0 Å². The summed E-state index contributed by atoms with van der Waals surface area (Å²) in [6, 6.07) is 0. The molecule has 0 bridgehead atoms. The standard InChI is InChI=1S/C7H8N4S/c1-4-6(12-7(8)11-4)5-2-9-10-3-5/h2-3H,1H3,(H2,8,11)(H,9,10). The first-order valence-corrected chi connectivity index (χ1v) is 4.31. The summed E-state index contributed by atoms with van der Waals surface area (Å²) in [5.74, 6) is 0. The van der Waals surface area contributed by atoms with Crippen LogP contribution in [-0.2, 0) is 0 Å². The Kier molecular flexibility index (Phi) is 1.58. The summed E-state index contributed by atoms with van der Waals surface area (Å²) < 4.78 is 0. The Morgan fingerprint density at radius 3 is 2.92 bits per heavy atom. The van der Waals surface area contributed by atoms with Crippen molar-refractivity contribution in [3.8, 4) is 10.4 Å². The van der Waals surface area contributed by atoms with Crippen LogP contribution in [-0.4, -0.2) is 15.2 Å². The van der Waals surface area contributed by atoms with Crippen LogP contribution >= 0.6 is 11.3 Å². The number of nitrogens with one attached hydrogen (secondary N) is 1. The Morgan fingerprint density at radius 2 is 2.42 bits per heavy atom. The number of hydrogen-bond donors (Lipinski definition) is 2. The molecule has 3 N–H and O–H groups in total. The highest BCUT2D eigenvalue weighted by atomic mass is 32.1. The van der Waals surface area contributed by atoms with Crippen molar-refractivity contribution in [2.45, 2.75) is 6.92 Å². The third kappa shape index (κ3) is 1.08. The molecule has 12 heavy (non-hydrogen) atoms. The second-order valence-electron chi connectivity index (χ2n) is 2.45. The van der Waals surface area contributed by atoms with E-state index in [1.165, 1.54) is 11.3 Å². The number of H-pyrrole nitrogens is 1. The lowest BCUT2D eigenvalue weighted by molar-refractivity contribution is 1.09. The van der Waals surface area contributed by atoms with Crippen molar-refractivity contribution >= 4 is 16.5 Å². The van der Waals surface area contributed by atoms with Crippen LogP contribution in [0.5, 0.6) is 0 Å². The van der Waals surface area contributed by atoms with Crippen LogP contribution in [0, 0.1) is 6.92 Å². The van der Waals surface area contributed by atoms with Crippen molar-refractivity contribution in [2.75, 3.05) is 5.73 Å². The van der Waals surface area contributed by atoms with E-state index in [-0.39, 0.29) is 0 Å². The zero-order valence-electron chi connectivity index (χ0n) is 6.53. The first kappa shape index (κ1) is 7.30. The van der Waals surface area contributed by atoms with E-state index in [1.54, 1.807) is 6.20 Å². The van der Waals surface area contributed by atoms with Crippen LogP contribution in [0.25, 0.3) is 10.4 Å². The Morgan fingerprint density at radius 1 is 1.58 bits per heavy atom. The van der Waals surface area contributed by atoms with Gasteiger partial charge in [-0.25, -0.2) is 4.98 Å². The minimum Gasteiger partial charge on any atom is -0.375 e. The lowest BCUT2D eigenvalue weighted by atomic mass is 10.2. The molecule has 5 heteroatoms. The molecule has 0 fully saturated rings. The van der Waals surface area contributed by atoms with E-state index in [9.17, 15) is 0 Å². The van der Waals surface area contributed by atoms with Gasteiger partial charge in [0.1, 0.15) is 0 Å². The summed E-state index contributed by atoms with van der Waals surface area (Å²) in [6.45, 7) is 1.94. The average Bonchev–Trinajstić information content (AvgIpc) is 2.58. The molecule has 0 unspecified atom stereocenters. The normalized spacial score (nSPS) is 10.4. The third-order valence-electron chi connectivity index (χ3n) is 1.57. The highest BCUT2D eigenvalue weighted by Crippen LogP contribution is 2.29. The van der Waals surface area contributed by atoms with Crippen molar-refractivity contribution in [3.63, 3.8) is 0 Å². The van der Waals surface area contributed by atoms with Crippen molar-refractivity contribution in [1.82, 2.24) is 15.2 Å². The Bertz CT molecular complexity index is 376. The molecule has 62 valence electrons. The second-order valence-corrected chi connectivity index (χ2v) is 3.48. The Hall–Kier alpha value is -1.36. The number of nitrogens with two attached hydrogens (primary N) is 1. The van der Waals surface area contributed by atoms with E-state index in [4.69, 9.17) is 5.73 Å². The quantitative estimate of drug-likeness (QED) is 0.697. The molecule has 0 aliphatic carbocycles. The maximum atomic E-state index is 5.56. The van der Waals surface area contributed by atoms with Crippen LogP contribution in [0.4, 0.5) is 5.13 Å². The fraction of sp³-hybridized carbons (Fsp3) is 0.143. The Balaban J connectivity index is 2.54. The van der Waals surface area contributed by atoms with Gasteiger partial charge in [0.2, 0.25) is 0 Å². The topological polar surface area (TPSA) is 67.6 Å². The molecule has 2 rings (SSSR count).